The second kappa shape index (κ2) is 5.27. The van der Waals surface area contributed by atoms with E-state index in [4.69, 9.17) is 4.74 Å². The van der Waals surface area contributed by atoms with Crippen LogP contribution in [0.5, 0.6) is 0 Å². The smallest absolute Gasteiger partial charge is 0.410 e. The number of aryl methyl sites for hydroxylation is 1. The van der Waals surface area contributed by atoms with Gasteiger partial charge < -0.3 is 14.2 Å². The maximum Gasteiger partial charge on any atom is 0.410 e. The van der Waals surface area contributed by atoms with Gasteiger partial charge in [-0.2, -0.15) is 0 Å². The lowest BCUT2D eigenvalue weighted by atomic mass is 10.0. The molecule has 1 spiro atoms. The Balaban J connectivity index is 1.54. The summed E-state index contributed by atoms with van der Waals surface area (Å²) in [6, 6.07) is 8.74. The Kier molecular flexibility index (Phi) is 3.34. The van der Waals surface area contributed by atoms with E-state index in [0.717, 1.165) is 32.6 Å². The van der Waals surface area contributed by atoms with E-state index in [2.05, 4.69) is 46.9 Å². The average Bonchev–Trinajstić information content (AvgIpc) is 3.19. The van der Waals surface area contributed by atoms with Gasteiger partial charge in [0, 0.05) is 56.7 Å². The van der Waals surface area contributed by atoms with E-state index in [9.17, 15) is 4.79 Å². The molecule has 2 aromatic rings. The molecule has 23 heavy (non-hydrogen) atoms. The van der Waals surface area contributed by atoms with Crippen LogP contribution in [0.1, 0.15) is 18.9 Å². The topological polar surface area (TPSA) is 37.7 Å². The highest BCUT2D eigenvalue weighted by atomic mass is 16.6. The van der Waals surface area contributed by atoms with E-state index < -0.39 is 0 Å². The van der Waals surface area contributed by atoms with E-state index in [0.29, 0.717) is 6.54 Å². The highest BCUT2D eigenvalue weighted by Gasteiger charge is 2.48. The Hall–Kier alpha value is -2.01. The Bertz CT molecular complexity index is 754. The van der Waals surface area contributed by atoms with Crippen molar-refractivity contribution in [3.63, 3.8) is 0 Å². The van der Waals surface area contributed by atoms with Crippen molar-refractivity contribution < 1.29 is 9.53 Å². The first-order chi connectivity index (χ1) is 11.1. The molecule has 0 bridgehead atoms. The molecule has 0 aliphatic carbocycles. The summed E-state index contributed by atoms with van der Waals surface area (Å²) in [4.78, 5) is 15.8. The summed E-state index contributed by atoms with van der Waals surface area (Å²) < 4.78 is 7.92. The fourth-order valence-corrected chi connectivity index (χ4v) is 4.01. The van der Waals surface area contributed by atoms with Gasteiger partial charge in [0.05, 0.1) is 6.54 Å². The van der Waals surface area contributed by atoms with Crippen molar-refractivity contribution in [3.05, 3.63) is 36.0 Å². The lowest BCUT2D eigenvalue weighted by molar-refractivity contribution is 0.0628. The molecule has 0 N–H and O–H groups in total. The SMILES string of the molecule is CCn1ccc2c(CN3CC[C@]4(C3)CN(C)C(=O)O4)cccc21. The van der Waals surface area contributed by atoms with Crippen LogP contribution in [0.3, 0.4) is 0 Å². The molecular formula is C18H23N3O2. The minimum Gasteiger partial charge on any atom is -0.439 e. The standard InChI is InChI=1S/C18H23N3O2/c1-3-21-9-7-15-14(5-4-6-16(15)21)11-20-10-8-18(13-20)12-19(2)17(22)23-18/h4-7,9H,3,8,10-13H2,1-2H3/t18-/m1/s1. The van der Waals surface area contributed by atoms with Gasteiger partial charge >= 0.3 is 6.09 Å². The van der Waals surface area contributed by atoms with E-state index in [1.807, 2.05) is 7.05 Å². The van der Waals surface area contributed by atoms with Gasteiger partial charge in [-0.3, -0.25) is 4.90 Å². The summed E-state index contributed by atoms with van der Waals surface area (Å²) in [7, 11) is 1.81. The Morgan fingerprint density at radius 3 is 2.87 bits per heavy atom. The Morgan fingerprint density at radius 1 is 1.26 bits per heavy atom. The first-order valence-corrected chi connectivity index (χ1v) is 8.33. The number of fused-ring (bicyclic) bond motifs is 1. The minimum atomic E-state index is -0.297. The van der Waals surface area contributed by atoms with Crippen LogP contribution >= 0.6 is 0 Å². The van der Waals surface area contributed by atoms with Gasteiger partial charge in [-0.15, -0.1) is 0 Å². The van der Waals surface area contributed by atoms with Gasteiger partial charge in [-0.25, -0.2) is 4.79 Å². The normalized spacial score (nSPS) is 25.0. The van der Waals surface area contributed by atoms with Crippen LogP contribution in [0, 0.1) is 0 Å². The minimum absolute atomic E-state index is 0.186. The third-order valence-electron chi connectivity index (χ3n) is 5.17. The van der Waals surface area contributed by atoms with Crippen LogP contribution < -0.4 is 0 Å². The molecule has 2 aliphatic heterocycles. The highest BCUT2D eigenvalue weighted by molar-refractivity contribution is 5.83. The predicted octanol–water partition coefficient (Wildman–Crippen LogP) is 2.69. The van der Waals surface area contributed by atoms with Crippen molar-refractivity contribution in [1.29, 1.82) is 0 Å². The van der Waals surface area contributed by atoms with Crippen molar-refractivity contribution in [2.45, 2.75) is 32.0 Å². The summed E-state index contributed by atoms with van der Waals surface area (Å²) in [5.41, 5.74) is 2.35. The number of ether oxygens (including phenoxy) is 1. The van der Waals surface area contributed by atoms with Crippen molar-refractivity contribution in [2.75, 3.05) is 26.7 Å². The molecule has 2 fully saturated rings. The number of amides is 1. The first-order valence-electron chi connectivity index (χ1n) is 8.33. The molecule has 0 radical (unpaired) electrons. The van der Waals surface area contributed by atoms with Crippen LogP contribution in [0.4, 0.5) is 4.79 Å². The second-order valence-electron chi connectivity index (χ2n) is 6.82. The van der Waals surface area contributed by atoms with Gasteiger partial charge in [-0.1, -0.05) is 12.1 Å². The van der Waals surface area contributed by atoms with E-state index in [1.165, 1.54) is 16.5 Å². The quantitative estimate of drug-likeness (QED) is 0.874. The third kappa shape index (κ3) is 2.39. The molecule has 122 valence electrons. The zero-order valence-electron chi connectivity index (χ0n) is 13.8. The van der Waals surface area contributed by atoms with Crippen molar-refractivity contribution in [2.24, 2.45) is 0 Å². The summed E-state index contributed by atoms with van der Waals surface area (Å²) in [5, 5.41) is 1.33. The van der Waals surface area contributed by atoms with Gasteiger partial charge in [0.15, 0.2) is 0 Å². The number of benzene rings is 1. The highest BCUT2D eigenvalue weighted by Crippen LogP contribution is 2.33. The summed E-state index contributed by atoms with van der Waals surface area (Å²) in [5.74, 6) is 0. The number of likely N-dealkylation sites (tertiary alicyclic amines) is 1. The molecule has 3 heterocycles. The molecule has 1 amide bonds. The monoisotopic (exact) mass is 313 g/mol. The van der Waals surface area contributed by atoms with Gasteiger partial charge in [0.25, 0.3) is 0 Å². The zero-order chi connectivity index (χ0) is 16.0. The van der Waals surface area contributed by atoms with Crippen LogP contribution in [0.15, 0.2) is 30.5 Å². The zero-order valence-corrected chi connectivity index (χ0v) is 13.8. The van der Waals surface area contributed by atoms with Crippen molar-refractivity contribution >= 4 is 17.0 Å². The molecule has 4 rings (SSSR count). The summed E-state index contributed by atoms with van der Waals surface area (Å²) in [6.45, 7) is 6.58. The molecule has 1 atom stereocenters. The van der Waals surface area contributed by atoms with Crippen molar-refractivity contribution in [1.82, 2.24) is 14.4 Å². The van der Waals surface area contributed by atoms with Crippen LogP contribution in [-0.2, 0) is 17.8 Å². The molecular weight excluding hydrogens is 290 g/mol. The molecule has 2 aliphatic rings. The van der Waals surface area contributed by atoms with Crippen molar-refractivity contribution in [3.8, 4) is 0 Å². The van der Waals surface area contributed by atoms with E-state index in [1.54, 1.807) is 4.90 Å². The molecule has 0 saturated carbocycles. The number of aromatic nitrogens is 1. The summed E-state index contributed by atoms with van der Waals surface area (Å²) in [6.07, 6.45) is 2.90. The molecule has 5 heteroatoms. The summed E-state index contributed by atoms with van der Waals surface area (Å²) >= 11 is 0. The molecule has 0 unspecified atom stereocenters. The predicted molar refractivity (Wildman–Crippen MR) is 89.3 cm³/mol. The number of nitrogens with zero attached hydrogens (tertiary/aromatic N) is 3. The average molecular weight is 313 g/mol. The second-order valence-corrected chi connectivity index (χ2v) is 6.82. The van der Waals surface area contributed by atoms with Crippen LogP contribution in [-0.4, -0.2) is 52.7 Å². The van der Waals surface area contributed by atoms with Crippen LogP contribution in [0.25, 0.3) is 10.9 Å². The fraction of sp³-hybridized carbons (Fsp3) is 0.500. The maximum atomic E-state index is 11.7. The molecule has 1 aromatic heterocycles. The Labute approximate surface area is 136 Å². The number of rotatable bonds is 3. The van der Waals surface area contributed by atoms with Gasteiger partial charge in [-0.05, 0) is 24.6 Å². The number of hydrogen-bond donors (Lipinski definition) is 0. The largest absolute Gasteiger partial charge is 0.439 e. The molecule has 2 saturated heterocycles. The van der Waals surface area contributed by atoms with Gasteiger partial charge in [0.1, 0.15) is 5.60 Å². The molecule has 5 nitrogen and oxygen atoms in total. The number of carbonyl (C=O) groups is 1. The number of carbonyl (C=O) groups excluding carboxylic acids is 1. The number of hydrogen-bond acceptors (Lipinski definition) is 3. The first kappa shape index (κ1) is 14.6. The number of likely N-dealkylation sites (N-methyl/N-ethyl adjacent to an activating group) is 1. The van der Waals surface area contributed by atoms with Gasteiger partial charge in [0.2, 0.25) is 0 Å². The lowest BCUT2D eigenvalue weighted by Gasteiger charge is -2.22. The Morgan fingerprint density at radius 2 is 2.13 bits per heavy atom. The van der Waals surface area contributed by atoms with E-state index in [-0.39, 0.29) is 11.7 Å². The maximum absolute atomic E-state index is 11.7. The molecule has 1 aromatic carbocycles. The fourth-order valence-electron chi connectivity index (χ4n) is 4.01. The third-order valence-corrected chi connectivity index (χ3v) is 5.17. The van der Waals surface area contributed by atoms with Crippen LogP contribution in [0.2, 0.25) is 0 Å². The lowest BCUT2D eigenvalue weighted by Crippen LogP contribution is -2.37. The van der Waals surface area contributed by atoms with E-state index >= 15 is 0 Å².